The van der Waals surface area contributed by atoms with Crippen molar-refractivity contribution in [2.45, 2.75) is 43.9 Å². The Hall–Kier alpha value is -1.11. The highest BCUT2D eigenvalue weighted by molar-refractivity contribution is 7.84. The highest BCUT2D eigenvalue weighted by atomic mass is 32.2. The van der Waals surface area contributed by atoms with E-state index in [0.717, 1.165) is 0 Å². The summed E-state index contributed by atoms with van der Waals surface area (Å²) in [5.74, 6) is -1.02. The first-order chi connectivity index (χ1) is 8.90. The number of aliphatic carboxylic acids is 1. The number of carbonyl (C=O) groups is 2. The molecule has 0 spiro atoms. The molecule has 0 bridgehead atoms. The van der Waals surface area contributed by atoms with Crippen molar-refractivity contribution in [3.63, 3.8) is 0 Å². The Balaban J connectivity index is 2.23. The molecule has 1 aliphatic carbocycles. The quantitative estimate of drug-likeness (QED) is 0.694. The third-order valence-corrected chi connectivity index (χ3v) is 4.83. The lowest BCUT2D eigenvalue weighted by Gasteiger charge is -2.27. The summed E-state index contributed by atoms with van der Waals surface area (Å²) in [5.41, 5.74) is 0. The standard InChI is InChI=1S/C12H22N2O4S/c1-8(19(2)18)7-13-12(17)14-10-5-3-9(4-6-10)11(15)16/h8-10H,3-7H2,1-2H3,(H,15,16)(H2,13,14,17). The van der Waals surface area contributed by atoms with Crippen molar-refractivity contribution in [1.82, 2.24) is 10.6 Å². The van der Waals surface area contributed by atoms with Gasteiger partial charge in [0.1, 0.15) is 0 Å². The van der Waals surface area contributed by atoms with E-state index in [2.05, 4.69) is 10.6 Å². The second kappa shape index (κ2) is 7.47. The Bertz CT molecular complexity index is 354. The molecule has 1 fully saturated rings. The number of carboxylic acid groups (broad SMARTS) is 1. The van der Waals surface area contributed by atoms with E-state index in [1.54, 1.807) is 6.26 Å². The van der Waals surface area contributed by atoms with Gasteiger partial charge in [-0.3, -0.25) is 9.00 Å². The van der Waals surface area contributed by atoms with Crippen LogP contribution in [0.25, 0.3) is 0 Å². The Morgan fingerprint density at radius 3 is 2.37 bits per heavy atom. The SMILES string of the molecule is CC(CNC(=O)NC1CCC(C(=O)O)CC1)S(C)=O. The van der Waals surface area contributed by atoms with Crippen LogP contribution in [-0.2, 0) is 15.6 Å². The summed E-state index contributed by atoms with van der Waals surface area (Å²) in [5, 5.41) is 14.3. The summed E-state index contributed by atoms with van der Waals surface area (Å²) < 4.78 is 11.1. The molecule has 1 rings (SSSR count). The lowest BCUT2D eigenvalue weighted by Crippen LogP contribution is -2.46. The summed E-state index contributed by atoms with van der Waals surface area (Å²) in [6.07, 6.45) is 4.21. The summed E-state index contributed by atoms with van der Waals surface area (Å²) in [4.78, 5) is 22.4. The topological polar surface area (TPSA) is 95.5 Å². The summed E-state index contributed by atoms with van der Waals surface area (Å²) in [6.45, 7) is 2.19. The van der Waals surface area contributed by atoms with E-state index in [1.807, 2.05) is 6.92 Å². The molecule has 0 heterocycles. The number of urea groups is 1. The van der Waals surface area contributed by atoms with Crippen LogP contribution >= 0.6 is 0 Å². The summed E-state index contributed by atoms with van der Waals surface area (Å²) in [6, 6.07) is -0.228. The van der Waals surface area contributed by atoms with Crippen LogP contribution in [0.15, 0.2) is 0 Å². The monoisotopic (exact) mass is 290 g/mol. The van der Waals surface area contributed by atoms with Crippen molar-refractivity contribution in [1.29, 1.82) is 0 Å². The van der Waals surface area contributed by atoms with Gasteiger partial charge in [-0.25, -0.2) is 4.79 Å². The van der Waals surface area contributed by atoms with Crippen molar-refractivity contribution in [2.24, 2.45) is 5.92 Å². The molecule has 19 heavy (non-hydrogen) atoms. The molecule has 6 nitrogen and oxygen atoms in total. The second-order valence-corrected chi connectivity index (χ2v) is 6.85. The number of hydrogen-bond acceptors (Lipinski definition) is 3. The first kappa shape index (κ1) is 15.9. The van der Waals surface area contributed by atoms with Crippen LogP contribution in [0, 0.1) is 5.92 Å². The molecule has 0 aliphatic heterocycles. The van der Waals surface area contributed by atoms with Crippen LogP contribution in [0.4, 0.5) is 4.79 Å². The zero-order chi connectivity index (χ0) is 14.4. The van der Waals surface area contributed by atoms with Crippen LogP contribution in [0.1, 0.15) is 32.6 Å². The third-order valence-electron chi connectivity index (χ3n) is 3.53. The number of rotatable bonds is 5. The molecule has 7 heteroatoms. The number of carboxylic acids is 1. The molecule has 2 atom stereocenters. The number of nitrogens with one attached hydrogen (secondary N) is 2. The molecule has 3 N–H and O–H groups in total. The maximum absolute atomic E-state index is 11.6. The average molecular weight is 290 g/mol. The zero-order valence-electron chi connectivity index (χ0n) is 11.3. The van der Waals surface area contributed by atoms with E-state index in [0.29, 0.717) is 32.2 Å². The van der Waals surface area contributed by atoms with Crippen LogP contribution in [-0.4, -0.2) is 45.4 Å². The van der Waals surface area contributed by atoms with Gasteiger partial charge in [0, 0.05) is 34.9 Å². The molecular weight excluding hydrogens is 268 g/mol. The maximum atomic E-state index is 11.6. The average Bonchev–Trinajstić information content (AvgIpc) is 2.36. The molecule has 110 valence electrons. The fraction of sp³-hybridized carbons (Fsp3) is 0.833. The number of hydrogen-bond donors (Lipinski definition) is 3. The highest BCUT2D eigenvalue weighted by Gasteiger charge is 2.26. The smallest absolute Gasteiger partial charge is 0.315 e. The van der Waals surface area contributed by atoms with Crippen LogP contribution in [0.2, 0.25) is 0 Å². The molecule has 0 aromatic heterocycles. The molecule has 0 aromatic rings. The lowest BCUT2D eigenvalue weighted by molar-refractivity contribution is -0.142. The van der Waals surface area contributed by atoms with Gasteiger partial charge >= 0.3 is 12.0 Å². The Morgan fingerprint density at radius 1 is 1.32 bits per heavy atom. The third kappa shape index (κ3) is 5.59. The minimum atomic E-state index is -0.951. The van der Waals surface area contributed by atoms with E-state index in [9.17, 15) is 13.8 Å². The lowest BCUT2D eigenvalue weighted by atomic mass is 9.86. The molecule has 0 saturated heterocycles. The minimum absolute atomic E-state index is 0.0398. The molecule has 2 amide bonds. The zero-order valence-corrected chi connectivity index (χ0v) is 12.2. The molecule has 1 aliphatic rings. The van der Waals surface area contributed by atoms with Crippen LogP contribution < -0.4 is 10.6 Å². The van der Waals surface area contributed by atoms with Crippen molar-refractivity contribution < 1.29 is 18.9 Å². The highest BCUT2D eigenvalue weighted by Crippen LogP contribution is 2.24. The normalized spacial score (nSPS) is 26.2. The maximum Gasteiger partial charge on any atom is 0.315 e. The number of carbonyl (C=O) groups excluding carboxylic acids is 1. The predicted molar refractivity (Wildman–Crippen MR) is 73.4 cm³/mol. The molecular formula is C12H22N2O4S. The Labute approximate surface area is 115 Å². The molecule has 0 radical (unpaired) electrons. The van der Waals surface area contributed by atoms with Gasteiger partial charge < -0.3 is 15.7 Å². The number of amides is 2. The predicted octanol–water partition coefficient (Wildman–Crippen LogP) is 0.696. The van der Waals surface area contributed by atoms with E-state index in [4.69, 9.17) is 5.11 Å². The van der Waals surface area contributed by atoms with Crippen molar-refractivity contribution in [3.05, 3.63) is 0 Å². The molecule has 0 aromatic carbocycles. The van der Waals surface area contributed by atoms with E-state index in [1.165, 1.54) is 0 Å². The largest absolute Gasteiger partial charge is 0.481 e. The van der Waals surface area contributed by atoms with Crippen molar-refractivity contribution in [2.75, 3.05) is 12.8 Å². The van der Waals surface area contributed by atoms with E-state index < -0.39 is 16.8 Å². The van der Waals surface area contributed by atoms with Gasteiger partial charge in [-0.1, -0.05) is 0 Å². The van der Waals surface area contributed by atoms with Crippen LogP contribution in [0.3, 0.4) is 0 Å². The first-order valence-corrected chi connectivity index (χ1v) is 8.11. The van der Waals surface area contributed by atoms with Crippen LogP contribution in [0.5, 0.6) is 0 Å². The molecule has 2 unspecified atom stereocenters. The minimum Gasteiger partial charge on any atom is -0.481 e. The summed E-state index contributed by atoms with van der Waals surface area (Å²) in [7, 11) is -0.951. The molecule has 1 saturated carbocycles. The second-order valence-electron chi connectivity index (χ2n) is 5.05. The first-order valence-electron chi connectivity index (χ1n) is 6.49. The van der Waals surface area contributed by atoms with E-state index >= 15 is 0 Å². The van der Waals surface area contributed by atoms with Gasteiger partial charge in [0.05, 0.1) is 5.92 Å². The Kier molecular flexibility index (Phi) is 6.27. The fourth-order valence-electron chi connectivity index (χ4n) is 2.07. The Morgan fingerprint density at radius 2 is 1.89 bits per heavy atom. The van der Waals surface area contributed by atoms with Crippen molar-refractivity contribution in [3.8, 4) is 0 Å². The van der Waals surface area contributed by atoms with Gasteiger partial charge in [0.2, 0.25) is 0 Å². The fourth-order valence-corrected chi connectivity index (χ4v) is 2.39. The van der Waals surface area contributed by atoms with Gasteiger partial charge in [-0.05, 0) is 32.6 Å². The summed E-state index contributed by atoms with van der Waals surface area (Å²) >= 11 is 0. The van der Waals surface area contributed by atoms with Crippen molar-refractivity contribution >= 4 is 22.8 Å². The van der Waals surface area contributed by atoms with Gasteiger partial charge in [0.15, 0.2) is 0 Å². The van der Waals surface area contributed by atoms with Gasteiger partial charge in [-0.15, -0.1) is 0 Å². The van der Waals surface area contributed by atoms with Gasteiger partial charge in [0.25, 0.3) is 0 Å². The van der Waals surface area contributed by atoms with Gasteiger partial charge in [-0.2, -0.15) is 0 Å². The van der Waals surface area contributed by atoms with E-state index in [-0.39, 0.29) is 23.2 Å².